The SMILES string of the molecule is COc1ccc(C(=O)O)c(COC(=O)c2ccccc2)c1C12CC3CC(CC(C3)C1)C2. The molecule has 162 valence electrons. The van der Waals surface area contributed by atoms with E-state index in [2.05, 4.69) is 0 Å². The molecule has 4 aliphatic carbocycles. The molecule has 5 nitrogen and oxygen atoms in total. The van der Waals surface area contributed by atoms with E-state index in [4.69, 9.17) is 9.47 Å². The zero-order valence-electron chi connectivity index (χ0n) is 17.8. The lowest BCUT2D eigenvalue weighted by molar-refractivity contribution is -0.00747. The maximum Gasteiger partial charge on any atom is 0.338 e. The molecule has 4 saturated carbocycles. The highest BCUT2D eigenvalue weighted by atomic mass is 16.5. The average Bonchev–Trinajstić information content (AvgIpc) is 2.76. The number of carbonyl (C=O) groups is 2. The zero-order valence-corrected chi connectivity index (χ0v) is 17.8. The third-order valence-electron chi connectivity index (χ3n) is 7.65. The van der Waals surface area contributed by atoms with Gasteiger partial charge in [-0.1, -0.05) is 18.2 Å². The third-order valence-corrected chi connectivity index (χ3v) is 7.65. The summed E-state index contributed by atoms with van der Waals surface area (Å²) in [6.07, 6.45) is 7.07. The van der Waals surface area contributed by atoms with E-state index in [1.54, 1.807) is 43.5 Å². The first kappa shape index (κ1) is 20.1. The molecule has 0 atom stereocenters. The van der Waals surface area contributed by atoms with Gasteiger partial charge in [0, 0.05) is 16.5 Å². The summed E-state index contributed by atoms with van der Waals surface area (Å²) in [5.41, 5.74) is 2.14. The standard InChI is InChI=1S/C26H28O5/c1-30-22-8-7-20(24(27)28)21(15-31-25(29)19-5-3-2-4-6-19)23(22)26-12-16-9-17(13-26)11-18(10-16)14-26/h2-8,16-18H,9-15H2,1H3,(H,27,28). The molecule has 6 rings (SSSR count). The van der Waals surface area contributed by atoms with E-state index < -0.39 is 11.9 Å². The number of aromatic carboxylic acids is 1. The van der Waals surface area contributed by atoms with E-state index in [-0.39, 0.29) is 17.6 Å². The summed E-state index contributed by atoms with van der Waals surface area (Å²) in [6.45, 7) is -0.0658. The molecule has 0 spiro atoms. The minimum absolute atomic E-state index is 0.0658. The number of hydrogen-bond donors (Lipinski definition) is 1. The van der Waals surface area contributed by atoms with E-state index in [1.165, 1.54) is 19.3 Å². The molecule has 1 N–H and O–H groups in total. The van der Waals surface area contributed by atoms with Crippen LogP contribution in [0.2, 0.25) is 0 Å². The van der Waals surface area contributed by atoms with E-state index in [1.807, 2.05) is 6.07 Å². The Morgan fingerprint density at radius 3 is 2.13 bits per heavy atom. The van der Waals surface area contributed by atoms with Crippen LogP contribution in [0, 0.1) is 17.8 Å². The predicted octanol–water partition coefficient (Wildman–Crippen LogP) is 5.22. The van der Waals surface area contributed by atoms with Gasteiger partial charge in [0.05, 0.1) is 18.2 Å². The van der Waals surface area contributed by atoms with Crippen molar-refractivity contribution in [2.45, 2.75) is 50.5 Å². The van der Waals surface area contributed by atoms with Gasteiger partial charge in [0.25, 0.3) is 0 Å². The van der Waals surface area contributed by atoms with Crippen molar-refractivity contribution in [2.75, 3.05) is 7.11 Å². The fourth-order valence-corrected chi connectivity index (χ4v) is 6.94. The van der Waals surface area contributed by atoms with Crippen molar-refractivity contribution in [3.05, 3.63) is 64.7 Å². The molecule has 0 aliphatic heterocycles. The third kappa shape index (κ3) is 3.50. The molecule has 4 aliphatic rings. The Bertz CT molecular complexity index is 975. The van der Waals surface area contributed by atoms with Gasteiger partial charge in [-0.05, 0) is 80.5 Å². The van der Waals surface area contributed by atoms with Gasteiger partial charge in [-0.3, -0.25) is 0 Å². The van der Waals surface area contributed by atoms with Gasteiger partial charge in [-0.25, -0.2) is 9.59 Å². The van der Waals surface area contributed by atoms with Crippen molar-refractivity contribution >= 4 is 11.9 Å². The van der Waals surface area contributed by atoms with Crippen LogP contribution in [0.4, 0.5) is 0 Å². The molecular weight excluding hydrogens is 392 g/mol. The van der Waals surface area contributed by atoms with Gasteiger partial charge in [-0.2, -0.15) is 0 Å². The van der Waals surface area contributed by atoms with E-state index in [0.29, 0.717) is 28.9 Å². The topological polar surface area (TPSA) is 72.8 Å². The van der Waals surface area contributed by atoms with Crippen LogP contribution in [0.5, 0.6) is 5.75 Å². The lowest BCUT2D eigenvalue weighted by atomic mass is 9.47. The van der Waals surface area contributed by atoms with Gasteiger partial charge in [-0.15, -0.1) is 0 Å². The average molecular weight is 421 g/mol. The fraction of sp³-hybridized carbons (Fsp3) is 0.462. The first-order valence-electron chi connectivity index (χ1n) is 11.1. The molecule has 4 bridgehead atoms. The summed E-state index contributed by atoms with van der Waals surface area (Å²) in [5, 5.41) is 9.94. The van der Waals surface area contributed by atoms with Crippen LogP contribution in [-0.4, -0.2) is 24.2 Å². The number of methoxy groups -OCH3 is 1. The molecule has 0 unspecified atom stereocenters. The Labute approximate surface area is 182 Å². The monoisotopic (exact) mass is 420 g/mol. The Hall–Kier alpha value is -2.82. The quantitative estimate of drug-likeness (QED) is 0.649. The molecule has 5 heteroatoms. The molecule has 0 aromatic heterocycles. The lowest BCUT2D eigenvalue weighted by Gasteiger charge is -2.57. The summed E-state index contributed by atoms with van der Waals surface area (Å²) in [4.78, 5) is 24.7. The van der Waals surface area contributed by atoms with Gasteiger partial charge in [0.1, 0.15) is 12.4 Å². The molecule has 2 aromatic rings. The fourth-order valence-electron chi connectivity index (χ4n) is 6.94. The molecule has 0 radical (unpaired) electrons. The van der Waals surface area contributed by atoms with Crippen LogP contribution in [0.3, 0.4) is 0 Å². The van der Waals surface area contributed by atoms with E-state index >= 15 is 0 Å². The lowest BCUT2D eigenvalue weighted by Crippen LogP contribution is -2.49. The molecule has 4 fully saturated rings. The van der Waals surface area contributed by atoms with Crippen LogP contribution in [0.25, 0.3) is 0 Å². The molecule has 0 heterocycles. The number of carboxylic acid groups (broad SMARTS) is 1. The highest BCUT2D eigenvalue weighted by molar-refractivity contribution is 5.91. The second-order valence-corrected chi connectivity index (χ2v) is 9.61. The summed E-state index contributed by atoms with van der Waals surface area (Å²) < 4.78 is 11.4. The number of carbonyl (C=O) groups excluding carboxylic acids is 1. The highest BCUT2D eigenvalue weighted by Gasteiger charge is 2.53. The first-order valence-corrected chi connectivity index (χ1v) is 11.1. The maximum atomic E-state index is 12.6. The number of rotatable bonds is 6. The molecular formula is C26H28O5. The number of ether oxygens (including phenoxy) is 2. The second kappa shape index (κ2) is 7.70. The largest absolute Gasteiger partial charge is 0.496 e. The summed E-state index contributed by atoms with van der Waals surface area (Å²) in [7, 11) is 1.64. The van der Waals surface area contributed by atoms with Crippen molar-refractivity contribution in [1.82, 2.24) is 0 Å². The number of carboxylic acids is 1. The second-order valence-electron chi connectivity index (χ2n) is 9.61. The van der Waals surface area contributed by atoms with Crippen molar-refractivity contribution in [1.29, 1.82) is 0 Å². The number of benzene rings is 2. The minimum Gasteiger partial charge on any atom is -0.496 e. The Morgan fingerprint density at radius 2 is 1.58 bits per heavy atom. The van der Waals surface area contributed by atoms with Crippen LogP contribution in [0.15, 0.2) is 42.5 Å². The smallest absolute Gasteiger partial charge is 0.338 e. The highest BCUT2D eigenvalue weighted by Crippen LogP contribution is 2.62. The molecule has 31 heavy (non-hydrogen) atoms. The summed E-state index contributed by atoms with van der Waals surface area (Å²) in [6, 6.07) is 12.2. The Kier molecular flexibility index (Phi) is 4.99. The molecule has 0 saturated heterocycles. The maximum absolute atomic E-state index is 12.6. The van der Waals surface area contributed by atoms with Crippen molar-refractivity contribution in [3.63, 3.8) is 0 Å². The zero-order chi connectivity index (χ0) is 21.6. The molecule has 2 aromatic carbocycles. The van der Waals surface area contributed by atoms with Crippen molar-refractivity contribution in [2.24, 2.45) is 17.8 Å². The Balaban J connectivity index is 1.56. The summed E-state index contributed by atoms with van der Waals surface area (Å²) >= 11 is 0. The van der Waals surface area contributed by atoms with E-state index in [0.717, 1.165) is 30.6 Å². The van der Waals surface area contributed by atoms with Crippen LogP contribution >= 0.6 is 0 Å². The minimum atomic E-state index is -1.00. The van der Waals surface area contributed by atoms with Gasteiger partial charge in [0.2, 0.25) is 0 Å². The summed E-state index contributed by atoms with van der Waals surface area (Å²) in [5.74, 6) is 1.37. The molecule has 0 amide bonds. The number of hydrogen-bond acceptors (Lipinski definition) is 4. The first-order chi connectivity index (χ1) is 15.0. The normalized spacial score (nSPS) is 28.4. The van der Waals surface area contributed by atoms with Crippen molar-refractivity contribution < 1.29 is 24.2 Å². The van der Waals surface area contributed by atoms with Gasteiger partial charge in [0.15, 0.2) is 0 Å². The Morgan fingerprint density at radius 1 is 0.968 bits per heavy atom. The van der Waals surface area contributed by atoms with Crippen LogP contribution < -0.4 is 4.74 Å². The van der Waals surface area contributed by atoms with Crippen LogP contribution in [-0.2, 0) is 16.8 Å². The van der Waals surface area contributed by atoms with E-state index in [9.17, 15) is 14.7 Å². The van der Waals surface area contributed by atoms with Crippen molar-refractivity contribution in [3.8, 4) is 5.75 Å². The van der Waals surface area contributed by atoms with Gasteiger partial charge < -0.3 is 14.6 Å². The predicted molar refractivity (Wildman–Crippen MR) is 115 cm³/mol. The van der Waals surface area contributed by atoms with Crippen LogP contribution in [0.1, 0.15) is 70.4 Å². The number of esters is 1. The van der Waals surface area contributed by atoms with Gasteiger partial charge >= 0.3 is 11.9 Å².